The van der Waals surface area contributed by atoms with Crippen LogP contribution in [0.5, 0.6) is 0 Å². The summed E-state index contributed by atoms with van der Waals surface area (Å²) < 4.78 is 5.95. The fraction of sp³-hybridized carbons (Fsp3) is 0.765. The molecule has 1 heterocycles. The lowest BCUT2D eigenvalue weighted by atomic mass is 9.84. The van der Waals surface area contributed by atoms with Crippen molar-refractivity contribution in [2.45, 2.75) is 70.9 Å². The second-order valence-corrected chi connectivity index (χ2v) is 6.69. The van der Waals surface area contributed by atoms with Crippen LogP contribution in [-0.2, 0) is 6.54 Å². The SMILES string of the molecule is CC1CC1c1ccc(CN[C@@H](C)C2CCCCC2)o1. The molecule has 3 atom stereocenters. The maximum atomic E-state index is 5.95. The van der Waals surface area contributed by atoms with Crippen molar-refractivity contribution in [3.05, 3.63) is 23.7 Å². The van der Waals surface area contributed by atoms with Crippen LogP contribution in [0.15, 0.2) is 16.5 Å². The first-order valence-corrected chi connectivity index (χ1v) is 8.06. The third kappa shape index (κ3) is 3.22. The standard InChI is InChI=1S/C17H27NO/c1-12-10-16(12)17-9-8-15(19-17)11-18-13(2)14-6-4-3-5-7-14/h8-9,12-14,16,18H,3-7,10-11H2,1-2H3/t12?,13-,16?/m0/s1. The highest BCUT2D eigenvalue weighted by atomic mass is 16.3. The van der Waals surface area contributed by atoms with Gasteiger partial charge in [-0.05, 0) is 50.2 Å². The van der Waals surface area contributed by atoms with Gasteiger partial charge in [-0.2, -0.15) is 0 Å². The molecule has 0 bridgehead atoms. The molecule has 0 radical (unpaired) electrons. The highest BCUT2D eigenvalue weighted by Gasteiger charge is 2.36. The van der Waals surface area contributed by atoms with E-state index in [1.807, 2.05) is 0 Å². The van der Waals surface area contributed by atoms with Crippen LogP contribution in [0.3, 0.4) is 0 Å². The van der Waals surface area contributed by atoms with Gasteiger partial charge in [0, 0.05) is 12.0 Å². The summed E-state index contributed by atoms with van der Waals surface area (Å²) in [5.74, 6) is 4.70. The van der Waals surface area contributed by atoms with Crippen molar-refractivity contribution in [1.29, 1.82) is 0 Å². The average Bonchev–Trinajstić information content (AvgIpc) is 3.00. The van der Waals surface area contributed by atoms with Crippen molar-refractivity contribution in [2.24, 2.45) is 11.8 Å². The zero-order valence-electron chi connectivity index (χ0n) is 12.3. The summed E-state index contributed by atoms with van der Waals surface area (Å²) in [5, 5.41) is 3.66. The van der Waals surface area contributed by atoms with Gasteiger partial charge in [-0.1, -0.05) is 26.2 Å². The largest absolute Gasteiger partial charge is 0.464 e. The van der Waals surface area contributed by atoms with Crippen molar-refractivity contribution in [2.75, 3.05) is 0 Å². The zero-order valence-corrected chi connectivity index (χ0v) is 12.3. The van der Waals surface area contributed by atoms with Crippen LogP contribution in [0.4, 0.5) is 0 Å². The van der Waals surface area contributed by atoms with E-state index in [9.17, 15) is 0 Å². The lowest BCUT2D eigenvalue weighted by Crippen LogP contribution is -2.34. The first-order chi connectivity index (χ1) is 9.24. The van der Waals surface area contributed by atoms with Crippen molar-refractivity contribution in [1.82, 2.24) is 5.32 Å². The molecule has 0 aromatic carbocycles. The van der Waals surface area contributed by atoms with Crippen molar-refractivity contribution < 1.29 is 4.42 Å². The molecule has 1 aromatic heterocycles. The Labute approximate surface area is 117 Å². The summed E-state index contributed by atoms with van der Waals surface area (Å²) in [4.78, 5) is 0. The summed E-state index contributed by atoms with van der Waals surface area (Å²) in [7, 11) is 0. The highest BCUT2D eigenvalue weighted by molar-refractivity contribution is 5.17. The molecule has 0 saturated heterocycles. The van der Waals surface area contributed by atoms with Crippen molar-refractivity contribution in [3.63, 3.8) is 0 Å². The molecule has 2 aliphatic carbocycles. The van der Waals surface area contributed by atoms with Gasteiger partial charge in [-0.15, -0.1) is 0 Å². The minimum absolute atomic E-state index is 0.619. The van der Waals surface area contributed by atoms with Gasteiger partial charge in [-0.25, -0.2) is 0 Å². The fourth-order valence-electron chi connectivity index (χ4n) is 3.47. The smallest absolute Gasteiger partial charge is 0.117 e. The Kier molecular flexibility index (Phi) is 3.97. The van der Waals surface area contributed by atoms with E-state index in [0.717, 1.165) is 24.1 Å². The molecule has 0 amide bonds. The fourth-order valence-corrected chi connectivity index (χ4v) is 3.47. The third-order valence-electron chi connectivity index (χ3n) is 5.11. The van der Waals surface area contributed by atoms with E-state index in [2.05, 4.69) is 31.3 Å². The van der Waals surface area contributed by atoms with Crippen LogP contribution in [0.2, 0.25) is 0 Å². The Morgan fingerprint density at radius 3 is 2.68 bits per heavy atom. The number of hydrogen-bond acceptors (Lipinski definition) is 2. The van der Waals surface area contributed by atoms with Crippen LogP contribution >= 0.6 is 0 Å². The lowest BCUT2D eigenvalue weighted by Gasteiger charge is -2.28. The summed E-state index contributed by atoms with van der Waals surface area (Å²) in [6, 6.07) is 4.95. The Morgan fingerprint density at radius 2 is 2.00 bits per heavy atom. The summed E-state index contributed by atoms with van der Waals surface area (Å²) in [6.45, 7) is 5.53. The van der Waals surface area contributed by atoms with Gasteiger partial charge in [0.05, 0.1) is 6.54 Å². The van der Waals surface area contributed by atoms with Crippen LogP contribution in [0.1, 0.15) is 69.8 Å². The number of rotatable bonds is 5. The second kappa shape index (κ2) is 5.70. The molecule has 2 aliphatic rings. The number of furan rings is 1. The number of hydrogen-bond donors (Lipinski definition) is 1. The molecule has 0 aliphatic heterocycles. The highest BCUT2D eigenvalue weighted by Crippen LogP contribution is 2.47. The molecule has 106 valence electrons. The van der Waals surface area contributed by atoms with Gasteiger partial charge in [-0.3, -0.25) is 0 Å². The van der Waals surface area contributed by atoms with Gasteiger partial charge in [0.2, 0.25) is 0 Å². The maximum absolute atomic E-state index is 5.95. The first kappa shape index (κ1) is 13.2. The van der Waals surface area contributed by atoms with E-state index in [4.69, 9.17) is 4.42 Å². The van der Waals surface area contributed by atoms with Gasteiger partial charge in [0.25, 0.3) is 0 Å². The molecule has 0 spiro atoms. The van der Waals surface area contributed by atoms with Crippen LogP contribution in [-0.4, -0.2) is 6.04 Å². The predicted octanol–water partition coefficient (Wildman–Crippen LogP) is 4.46. The molecule has 19 heavy (non-hydrogen) atoms. The van der Waals surface area contributed by atoms with E-state index >= 15 is 0 Å². The monoisotopic (exact) mass is 261 g/mol. The maximum Gasteiger partial charge on any atom is 0.117 e. The Bertz CT molecular complexity index is 405. The zero-order chi connectivity index (χ0) is 13.2. The van der Waals surface area contributed by atoms with Crippen LogP contribution in [0, 0.1) is 11.8 Å². The van der Waals surface area contributed by atoms with Gasteiger partial charge < -0.3 is 9.73 Å². The van der Waals surface area contributed by atoms with Crippen molar-refractivity contribution >= 4 is 0 Å². The molecule has 3 rings (SSSR count). The Hall–Kier alpha value is -0.760. The molecule has 2 nitrogen and oxygen atoms in total. The second-order valence-electron chi connectivity index (χ2n) is 6.69. The first-order valence-electron chi connectivity index (χ1n) is 8.06. The normalized spacial score (nSPS) is 29.4. The van der Waals surface area contributed by atoms with Crippen LogP contribution in [0.25, 0.3) is 0 Å². The molecule has 1 N–H and O–H groups in total. The van der Waals surface area contributed by atoms with Gasteiger partial charge in [0.1, 0.15) is 11.5 Å². The van der Waals surface area contributed by atoms with E-state index < -0.39 is 0 Å². The minimum atomic E-state index is 0.619. The molecule has 2 fully saturated rings. The van der Waals surface area contributed by atoms with E-state index in [1.54, 1.807) is 0 Å². The van der Waals surface area contributed by atoms with E-state index in [0.29, 0.717) is 12.0 Å². The molecule has 2 saturated carbocycles. The molecular formula is C17H27NO. The van der Waals surface area contributed by atoms with E-state index in [1.165, 1.54) is 44.3 Å². The van der Waals surface area contributed by atoms with Crippen LogP contribution < -0.4 is 5.32 Å². The lowest BCUT2D eigenvalue weighted by molar-refractivity contribution is 0.275. The van der Waals surface area contributed by atoms with Gasteiger partial charge in [0.15, 0.2) is 0 Å². The third-order valence-corrected chi connectivity index (χ3v) is 5.11. The summed E-state index contributed by atoms with van der Waals surface area (Å²) >= 11 is 0. The Balaban J connectivity index is 1.47. The molecule has 2 unspecified atom stereocenters. The average molecular weight is 261 g/mol. The van der Waals surface area contributed by atoms with Gasteiger partial charge >= 0.3 is 0 Å². The Morgan fingerprint density at radius 1 is 1.26 bits per heavy atom. The number of nitrogens with one attached hydrogen (secondary N) is 1. The summed E-state index contributed by atoms with van der Waals surface area (Å²) in [5.41, 5.74) is 0. The minimum Gasteiger partial charge on any atom is -0.464 e. The van der Waals surface area contributed by atoms with Crippen molar-refractivity contribution in [3.8, 4) is 0 Å². The predicted molar refractivity (Wildman–Crippen MR) is 78.1 cm³/mol. The molecule has 2 heteroatoms. The molecule has 1 aromatic rings. The summed E-state index contributed by atoms with van der Waals surface area (Å²) in [6.07, 6.45) is 8.37. The van der Waals surface area contributed by atoms with E-state index in [-0.39, 0.29) is 0 Å². The quantitative estimate of drug-likeness (QED) is 0.846. The molecular weight excluding hydrogens is 234 g/mol. The topological polar surface area (TPSA) is 25.2 Å².